The van der Waals surface area contributed by atoms with E-state index in [4.69, 9.17) is 0 Å². The van der Waals surface area contributed by atoms with Gasteiger partial charge in [0.1, 0.15) is 12.1 Å². The highest BCUT2D eigenvalue weighted by molar-refractivity contribution is 5.97. The summed E-state index contributed by atoms with van der Waals surface area (Å²) < 4.78 is 0. The zero-order valence-electron chi connectivity index (χ0n) is 13.5. The Bertz CT molecular complexity index is 405. The molecule has 20 heavy (non-hydrogen) atoms. The van der Waals surface area contributed by atoms with Gasteiger partial charge in [0, 0.05) is 6.54 Å². The lowest BCUT2D eigenvalue weighted by Crippen LogP contribution is -2.66. The predicted molar refractivity (Wildman–Crippen MR) is 79.1 cm³/mol. The van der Waals surface area contributed by atoms with Gasteiger partial charge in [0.05, 0.1) is 0 Å². The minimum Gasteiger partial charge on any atom is -0.342 e. The van der Waals surface area contributed by atoms with Gasteiger partial charge in [-0.25, -0.2) is 0 Å². The molecule has 1 aliphatic carbocycles. The Hall–Kier alpha value is -1.06. The summed E-state index contributed by atoms with van der Waals surface area (Å²) in [5.41, 5.74) is -0.0638. The molecule has 1 saturated heterocycles. The van der Waals surface area contributed by atoms with Crippen LogP contribution in [0.25, 0.3) is 0 Å². The van der Waals surface area contributed by atoms with Crippen LogP contribution in [-0.2, 0) is 9.59 Å². The van der Waals surface area contributed by atoms with Crippen molar-refractivity contribution in [2.75, 3.05) is 6.54 Å². The van der Waals surface area contributed by atoms with Crippen molar-refractivity contribution in [2.24, 2.45) is 10.8 Å². The maximum atomic E-state index is 12.8. The van der Waals surface area contributed by atoms with E-state index in [0.717, 1.165) is 12.8 Å². The minimum atomic E-state index is -0.406. The Morgan fingerprint density at radius 1 is 1.25 bits per heavy atom. The molecule has 2 unspecified atom stereocenters. The van der Waals surface area contributed by atoms with E-state index in [0.29, 0.717) is 6.54 Å². The van der Waals surface area contributed by atoms with Crippen LogP contribution in [0.3, 0.4) is 0 Å². The zero-order valence-corrected chi connectivity index (χ0v) is 13.5. The third-order valence-corrected chi connectivity index (χ3v) is 4.89. The molecule has 0 aromatic rings. The van der Waals surface area contributed by atoms with E-state index < -0.39 is 6.04 Å². The molecule has 2 atom stereocenters. The summed E-state index contributed by atoms with van der Waals surface area (Å²) in [5.74, 6) is 0.0591. The van der Waals surface area contributed by atoms with Crippen molar-refractivity contribution in [1.82, 2.24) is 10.2 Å². The van der Waals surface area contributed by atoms with E-state index in [1.54, 1.807) is 0 Å². The first-order chi connectivity index (χ1) is 9.14. The summed E-state index contributed by atoms with van der Waals surface area (Å²) in [6.07, 6.45) is 4.79. The van der Waals surface area contributed by atoms with Crippen molar-refractivity contribution in [3.05, 3.63) is 0 Å². The Balaban J connectivity index is 2.20. The van der Waals surface area contributed by atoms with Gasteiger partial charge in [0.15, 0.2) is 0 Å². The maximum Gasteiger partial charge on any atom is 0.246 e. The number of amides is 2. The smallest absolute Gasteiger partial charge is 0.246 e. The lowest BCUT2D eigenvalue weighted by atomic mass is 9.82. The maximum absolute atomic E-state index is 12.8. The second kappa shape index (κ2) is 5.05. The van der Waals surface area contributed by atoms with Gasteiger partial charge in [-0.05, 0) is 30.6 Å². The molecule has 4 nitrogen and oxygen atoms in total. The number of piperazine rings is 1. The van der Waals surface area contributed by atoms with Gasteiger partial charge >= 0.3 is 0 Å². The molecule has 2 rings (SSSR count). The van der Waals surface area contributed by atoms with Gasteiger partial charge in [-0.2, -0.15) is 0 Å². The number of carbonyl (C=O) groups is 2. The highest BCUT2D eigenvalue weighted by atomic mass is 16.2. The van der Waals surface area contributed by atoms with Crippen molar-refractivity contribution in [3.8, 4) is 0 Å². The molecule has 0 aromatic carbocycles. The van der Waals surface area contributed by atoms with Crippen LogP contribution in [-0.4, -0.2) is 35.3 Å². The molecule has 1 saturated carbocycles. The fourth-order valence-electron chi connectivity index (χ4n) is 3.42. The molecule has 1 N–H and O–H groups in total. The van der Waals surface area contributed by atoms with E-state index in [1.807, 2.05) is 32.6 Å². The number of nitrogens with zero attached hydrogens (tertiary/aromatic N) is 1. The number of rotatable bonds is 2. The number of hydrogen-bond acceptors (Lipinski definition) is 2. The summed E-state index contributed by atoms with van der Waals surface area (Å²) in [7, 11) is 0. The molecule has 1 heterocycles. The van der Waals surface area contributed by atoms with Crippen molar-refractivity contribution >= 4 is 11.8 Å². The first-order valence-corrected chi connectivity index (χ1v) is 7.75. The second-order valence-electron chi connectivity index (χ2n) is 7.97. The summed E-state index contributed by atoms with van der Waals surface area (Å²) in [4.78, 5) is 26.8. The minimum absolute atomic E-state index is 0.0221. The van der Waals surface area contributed by atoms with Crippen LogP contribution in [0.2, 0.25) is 0 Å². The summed E-state index contributed by atoms with van der Waals surface area (Å²) in [6.45, 7) is 10.8. The normalized spacial score (nSPS) is 30.6. The lowest BCUT2D eigenvalue weighted by Gasteiger charge is -2.44. The first-order valence-electron chi connectivity index (χ1n) is 7.75. The SMILES string of the molecule is CC1C(=O)NC(C(C)(C)C)C(=O)N1CC1(C)CCCC1. The fourth-order valence-corrected chi connectivity index (χ4v) is 3.42. The van der Waals surface area contributed by atoms with E-state index in [2.05, 4.69) is 12.2 Å². The van der Waals surface area contributed by atoms with Crippen LogP contribution in [0.4, 0.5) is 0 Å². The number of nitrogens with one attached hydrogen (secondary N) is 1. The van der Waals surface area contributed by atoms with Crippen LogP contribution >= 0.6 is 0 Å². The quantitative estimate of drug-likeness (QED) is 0.844. The molecular weight excluding hydrogens is 252 g/mol. The molecule has 4 heteroatoms. The van der Waals surface area contributed by atoms with Crippen LogP contribution in [0.1, 0.15) is 60.3 Å². The van der Waals surface area contributed by atoms with E-state index in [9.17, 15) is 9.59 Å². The van der Waals surface area contributed by atoms with Crippen LogP contribution in [0.5, 0.6) is 0 Å². The standard InChI is InChI=1S/C16H28N2O2/c1-11-13(19)17-12(15(2,3)4)14(20)18(11)10-16(5)8-6-7-9-16/h11-12H,6-10H2,1-5H3,(H,17,19). The van der Waals surface area contributed by atoms with Crippen molar-refractivity contribution in [3.63, 3.8) is 0 Å². The van der Waals surface area contributed by atoms with Gasteiger partial charge in [-0.15, -0.1) is 0 Å². The second-order valence-corrected chi connectivity index (χ2v) is 7.97. The molecule has 0 aromatic heterocycles. The van der Waals surface area contributed by atoms with Crippen molar-refractivity contribution in [1.29, 1.82) is 0 Å². The number of hydrogen-bond donors (Lipinski definition) is 1. The molecular formula is C16H28N2O2. The predicted octanol–water partition coefficient (Wildman–Crippen LogP) is 2.33. The Labute approximate surface area is 122 Å². The Morgan fingerprint density at radius 3 is 2.30 bits per heavy atom. The van der Waals surface area contributed by atoms with Crippen LogP contribution < -0.4 is 5.32 Å². The third-order valence-electron chi connectivity index (χ3n) is 4.89. The average molecular weight is 280 g/mol. The van der Waals surface area contributed by atoms with Gasteiger partial charge in [0.2, 0.25) is 11.8 Å². The molecule has 1 aliphatic heterocycles. The average Bonchev–Trinajstić information content (AvgIpc) is 2.75. The fraction of sp³-hybridized carbons (Fsp3) is 0.875. The molecule has 2 aliphatic rings. The molecule has 0 bridgehead atoms. The molecule has 0 radical (unpaired) electrons. The molecule has 0 spiro atoms. The zero-order chi connectivity index (χ0) is 15.1. The van der Waals surface area contributed by atoms with Crippen LogP contribution in [0, 0.1) is 10.8 Å². The summed E-state index contributed by atoms with van der Waals surface area (Å²) in [6, 6.07) is -0.755. The molecule has 2 fully saturated rings. The Kier molecular flexibility index (Phi) is 3.87. The summed E-state index contributed by atoms with van der Waals surface area (Å²) >= 11 is 0. The molecule has 2 amide bonds. The van der Waals surface area contributed by atoms with Crippen LogP contribution in [0.15, 0.2) is 0 Å². The Morgan fingerprint density at radius 2 is 1.80 bits per heavy atom. The van der Waals surface area contributed by atoms with Crippen molar-refractivity contribution in [2.45, 2.75) is 72.4 Å². The van der Waals surface area contributed by atoms with Crippen molar-refractivity contribution < 1.29 is 9.59 Å². The van der Waals surface area contributed by atoms with Gasteiger partial charge < -0.3 is 10.2 Å². The lowest BCUT2D eigenvalue weighted by molar-refractivity contribution is -0.153. The topological polar surface area (TPSA) is 49.4 Å². The third kappa shape index (κ3) is 2.84. The van der Waals surface area contributed by atoms with E-state index in [1.165, 1.54) is 12.8 Å². The molecule has 114 valence electrons. The van der Waals surface area contributed by atoms with Gasteiger partial charge in [-0.3, -0.25) is 9.59 Å². The highest BCUT2D eigenvalue weighted by Gasteiger charge is 2.45. The van der Waals surface area contributed by atoms with E-state index >= 15 is 0 Å². The van der Waals surface area contributed by atoms with Gasteiger partial charge in [-0.1, -0.05) is 40.5 Å². The number of carbonyl (C=O) groups excluding carboxylic acids is 2. The van der Waals surface area contributed by atoms with E-state index in [-0.39, 0.29) is 28.7 Å². The largest absolute Gasteiger partial charge is 0.342 e. The summed E-state index contributed by atoms with van der Waals surface area (Å²) in [5, 5.41) is 2.89. The monoisotopic (exact) mass is 280 g/mol. The van der Waals surface area contributed by atoms with Gasteiger partial charge in [0.25, 0.3) is 0 Å². The highest BCUT2D eigenvalue weighted by Crippen LogP contribution is 2.39. The first kappa shape index (κ1) is 15.3.